The number of guanidine groups is 1. The summed E-state index contributed by atoms with van der Waals surface area (Å²) in [6, 6.07) is 5.44. The van der Waals surface area contributed by atoms with Gasteiger partial charge in [-0.05, 0) is 30.2 Å². The van der Waals surface area contributed by atoms with Crippen molar-refractivity contribution < 1.29 is 8.78 Å². The number of aliphatic imine (C=N–C) groups is 1. The molecule has 0 atom stereocenters. The van der Waals surface area contributed by atoms with Gasteiger partial charge >= 0.3 is 0 Å². The molecule has 0 spiro atoms. The maximum absolute atomic E-state index is 13.1. The molecule has 0 fully saturated rings. The number of hydrogen-bond acceptors (Lipinski definition) is 2. The summed E-state index contributed by atoms with van der Waals surface area (Å²) in [6.45, 7) is 1.11. The first-order valence-electron chi connectivity index (χ1n) is 6.95. The zero-order chi connectivity index (χ0) is 15.9. The third kappa shape index (κ3) is 4.54. The molecule has 0 bridgehead atoms. The molecule has 0 aliphatic rings. The highest BCUT2D eigenvalue weighted by molar-refractivity contribution is 5.79. The molecule has 0 unspecified atom stereocenters. The Kier molecular flexibility index (Phi) is 5.46. The summed E-state index contributed by atoms with van der Waals surface area (Å²) < 4.78 is 28.0. The molecule has 1 aromatic carbocycles. The summed E-state index contributed by atoms with van der Waals surface area (Å²) in [4.78, 5) is 4.10. The molecule has 0 amide bonds. The van der Waals surface area contributed by atoms with Gasteiger partial charge < -0.3 is 10.6 Å². The van der Waals surface area contributed by atoms with Crippen LogP contribution in [0.5, 0.6) is 0 Å². The lowest BCUT2D eigenvalue weighted by atomic mass is 10.1. The lowest BCUT2D eigenvalue weighted by Gasteiger charge is -2.12. The zero-order valence-corrected chi connectivity index (χ0v) is 12.6. The second-order valence-electron chi connectivity index (χ2n) is 4.83. The molecule has 1 heterocycles. The summed E-state index contributed by atoms with van der Waals surface area (Å²) in [7, 11) is 3.53. The predicted molar refractivity (Wildman–Crippen MR) is 81.5 cm³/mol. The molecule has 0 saturated heterocycles. The molecule has 22 heavy (non-hydrogen) atoms. The summed E-state index contributed by atoms with van der Waals surface area (Å²) in [6.07, 6.45) is 2.23. The highest BCUT2D eigenvalue weighted by Crippen LogP contribution is 2.08. The first-order chi connectivity index (χ1) is 10.6. The third-order valence-electron chi connectivity index (χ3n) is 3.21. The average molecular weight is 307 g/mol. The van der Waals surface area contributed by atoms with Crippen LogP contribution in [0.25, 0.3) is 0 Å². The Morgan fingerprint density at radius 1 is 1.23 bits per heavy atom. The summed E-state index contributed by atoms with van der Waals surface area (Å²) in [5.41, 5.74) is 1.63. The van der Waals surface area contributed by atoms with E-state index < -0.39 is 11.6 Å². The molecule has 2 rings (SSSR count). The highest BCUT2D eigenvalue weighted by atomic mass is 19.1. The number of benzene rings is 1. The van der Waals surface area contributed by atoms with Crippen LogP contribution in [0.4, 0.5) is 8.78 Å². The van der Waals surface area contributed by atoms with E-state index in [1.165, 1.54) is 12.1 Å². The van der Waals surface area contributed by atoms with Gasteiger partial charge in [-0.15, -0.1) is 0 Å². The number of halogens is 2. The first-order valence-corrected chi connectivity index (χ1v) is 6.95. The van der Waals surface area contributed by atoms with Gasteiger partial charge in [0.1, 0.15) is 11.6 Å². The van der Waals surface area contributed by atoms with Crippen molar-refractivity contribution in [2.75, 3.05) is 13.6 Å². The Balaban J connectivity index is 1.80. The molecule has 0 saturated carbocycles. The fourth-order valence-corrected chi connectivity index (χ4v) is 2.05. The standard InChI is InChI=1S/C15H19F2N5/c1-18-15(20-10-14-4-6-21-22(14)2)19-5-3-11-7-12(16)9-13(17)8-11/h4,6-9H,3,5,10H2,1-2H3,(H2,18,19,20). The van der Waals surface area contributed by atoms with Gasteiger partial charge in [-0.3, -0.25) is 9.67 Å². The van der Waals surface area contributed by atoms with E-state index in [0.29, 0.717) is 31.0 Å². The van der Waals surface area contributed by atoms with E-state index in [1.807, 2.05) is 13.1 Å². The van der Waals surface area contributed by atoms with Crippen LogP contribution in [0.15, 0.2) is 35.5 Å². The van der Waals surface area contributed by atoms with Crippen LogP contribution in [-0.2, 0) is 20.0 Å². The van der Waals surface area contributed by atoms with E-state index in [9.17, 15) is 8.78 Å². The summed E-state index contributed by atoms with van der Waals surface area (Å²) in [5, 5.41) is 10.3. The van der Waals surface area contributed by atoms with E-state index in [0.717, 1.165) is 11.8 Å². The number of hydrogen-bond donors (Lipinski definition) is 2. The van der Waals surface area contributed by atoms with Crippen molar-refractivity contribution in [1.29, 1.82) is 0 Å². The Morgan fingerprint density at radius 2 is 1.95 bits per heavy atom. The predicted octanol–water partition coefficient (Wildman–Crippen LogP) is 1.61. The Labute approximate surface area is 128 Å². The molecular formula is C15H19F2N5. The molecule has 2 N–H and O–H groups in total. The van der Waals surface area contributed by atoms with Crippen LogP contribution in [0.1, 0.15) is 11.3 Å². The van der Waals surface area contributed by atoms with Gasteiger partial charge in [-0.1, -0.05) is 0 Å². The Hall–Kier alpha value is -2.44. The smallest absolute Gasteiger partial charge is 0.191 e. The van der Waals surface area contributed by atoms with Crippen molar-refractivity contribution in [2.45, 2.75) is 13.0 Å². The van der Waals surface area contributed by atoms with Crippen LogP contribution in [0.2, 0.25) is 0 Å². The van der Waals surface area contributed by atoms with Crippen LogP contribution in [0.3, 0.4) is 0 Å². The monoisotopic (exact) mass is 307 g/mol. The van der Waals surface area contributed by atoms with Gasteiger partial charge in [0.2, 0.25) is 0 Å². The number of aryl methyl sites for hydroxylation is 1. The molecule has 0 radical (unpaired) electrons. The van der Waals surface area contributed by atoms with E-state index in [-0.39, 0.29) is 0 Å². The van der Waals surface area contributed by atoms with E-state index in [1.54, 1.807) is 17.9 Å². The normalized spacial score (nSPS) is 11.5. The van der Waals surface area contributed by atoms with Gasteiger partial charge in [0.25, 0.3) is 0 Å². The molecule has 5 nitrogen and oxygen atoms in total. The van der Waals surface area contributed by atoms with Crippen molar-refractivity contribution >= 4 is 5.96 Å². The van der Waals surface area contributed by atoms with E-state index >= 15 is 0 Å². The number of nitrogens with one attached hydrogen (secondary N) is 2. The van der Waals surface area contributed by atoms with Crippen LogP contribution in [-0.4, -0.2) is 29.3 Å². The maximum Gasteiger partial charge on any atom is 0.191 e. The van der Waals surface area contributed by atoms with E-state index in [4.69, 9.17) is 0 Å². The number of nitrogens with zero attached hydrogens (tertiary/aromatic N) is 3. The SMILES string of the molecule is CN=C(NCCc1cc(F)cc(F)c1)NCc1ccnn1C. The molecule has 2 aromatic rings. The molecule has 7 heteroatoms. The lowest BCUT2D eigenvalue weighted by Crippen LogP contribution is -2.38. The van der Waals surface area contributed by atoms with Crippen molar-refractivity contribution in [1.82, 2.24) is 20.4 Å². The highest BCUT2D eigenvalue weighted by Gasteiger charge is 2.03. The van der Waals surface area contributed by atoms with E-state index in [2.05, 4.69) is 20.7 Å². The summed E-state index contributed by atoms with van der Waals surface area (Å²) in [5.74, 6) is -0.500. The van der Waals surface area contributed by atoms with Crippen molar-refractivity contribution in [3.63, 3.8) is 0 Å². The molecule has 118 valence electrons. The fraction of sp³-hybridized carbons (Fsp3) is 0.333. The van der Waals surface area contributed by atoms with Crippen molar-refractivity contribution in [3.8, 4) is 0 Å². The largest absolute Gasteiger partial charge is 0.356 e. The minimum Gasteiger partial charge on any atom is -0.356 e. The van der Waals surface area contributed by atoms with Gasteiger partial charge in [-0.2, -0.15) is 5.10 Å². The minimum absolute atomic E-state index is 0.501. The van der Waals surface area contributed by atoms with Gasteiger partial charge in [-0.25, -0.2) is 8.78 Å². The first kappa shape index (κ1) is 15.9. The Morgan fingerprint density at radius 3 is 2.55 bits per heavy atom. The molecule has 0 aliphatic carbocycles. The number of aromatic nitrogens is 2. The lowest BCUT2D eigenvalue weighted by molar-refractivity contribution is 0.579. The van der Waals surface area contributed by atoms with Gasteiger partial charge in [0.05, 0.1) is 12.2 Å². The Bertz CT molecular complexity index is 631. The van der Waals surface area contributed by atoms with Crippen molar-refractivity contribution in [3.05, 3.63) is 53.4 Å². The summed E-state index contributed by atoms with van der Waals surface area (Å²) >= 11 is 0. The van der Waals surface area contributed by atoms with Crippen LogP contribution in [0, 0.1) is 11.6 Å². The van der Waals surface area contributed by atoms with Crippen molar-refractivity contribution in [2.24, 2.45) is 12.0 Å². The third-order valence-corrected chi connectivity index (χ3v) is 3.21. The molecule has 0 aliphatic heterocycles. The molecule has 1 aromatic heterocycles. The second-order valence-corrected chi connectivity index (χ2v) is 4.83. The quantitative estimate of drug-likeness (QED) is 0.652. The minimum atomic E-state index is -0.561. The van der Waals surface area contributed by atoms with Gasteiger partial charge in [0, 0.05) is 32.9 Å². The van der Waals surface area contributed by atoms with Gasteiger partial charge in [0.15, 0.2) is 5.96 Å². The van der Waals surface area contributed by atoms with Crippen LogP contribution < -0.4 is 10.6 Å². The average Bonchev–Trinajstić information content (AvgIpc) is 2.87. The zero-order valence-electron chi connectivity index (χ0n) is 12.6. The topological polar surface area (TPSA) is 54.2 Å². The number of rotatable bonds is 5. The fourth-order valence-electron chi connectivity index (χ4n) is 2.05. The van der Waals surface area contributed by atoms with Crippen LogP contribution >= 0.6 is 0 Å². The maximum atomic E-state index is 13.1. The second kappa shape index (κ2) is 7.53. The molecular weight excluding hydrogens is 288 g/mol.